The summed E-state index contributed by atoms with van der Waals surface area (Å²) in [6.07, 6.45) is 3.58. The highest BCUT2D eigenvalue weighted by Crippen LogP contribution is 2.14. The van der Waals surface area contributed by atoms with Crippen LogP contribution >= 0.6 is 0 Å². The Morgan fingerprint density at radius 1 is 1.19 bits per heavy atom. The van der Waals surface area contributed by atoms with Gasteiger partial charge in [-0.3, -0.25) is 4.79 Å². The number of rotatable bonds is 8. The molecule has 7 nitrogen and oxygen atoms in total. The summed E-state index contributed by atoms with van der Waals surface area (Å²) in [5.41, 5.74) is 0.827. The molecule has 0 radical (unpaired) electrons. The SMILES string of the molecule is CCOc1ccc(/C=C/C(=O)O[C@@H](C)C(=O)Nc2ccnn2C(C)C)cc1. The Balaban J connectivity index is 1.88. The van der Waals surface area contributed by atoms with Crippen LogP contribution in [-0.2, 0) is 14.3 Å². The van der Waals surface area contributed by atoms with Gasteiger partial charge in [0.2, 0.25) is 0 Å². The van der Waals surface area contributed by atoms with Crippen molar-refractivity contribution in [3.05, 3.63) is 48.2 Å². The van der Waals surface area contributed by atoms with Crippen molar-refractivity contribution in [1.82, 2.24) is 9.78 Å². The summed E-state index contributed by atoms with van der Waals surface area (Å²) in [6.45, 7) is 7.95. The highest BCUT2D eigenvalue weighted by atomic mass is 16.5. The number of benzene rings is 1. The van der Waals surface area contributed by atoms with Crippen LogP contribution in [-0.4, -0.2) is 34.4 Å². The third-order valence-corrected chi connectivity index (χ3v) is 3.68. The Morgan fingerprint density at radius 3 is 2.52 bits per heavy atom. The average Bonchev–Trinajstić information content (AvgIpc) is 3.09. The summed E-state index contributed by atoms with van der Waals surface area (Å²) in [5, 5.41) is 6.86. The standard InChI is InChI=1S/C20H25N3O4/c1-5-26-17-9-6-16(7-10-17)8-11-19(24)27-15(4)20(25)22-18-12-13-21-23(18)14(2)3/h6-15H,5H2,1-4H3,(H,22,25)/b11-8+/t15-/m0/s1. The zero-order valence-electron chi connectivity index (χ0n) is 16.0. The summed E-state index contributed by atoms with van der Waals surface area (Å²) in [5.74, 6) is 0.315. The van der Waals surface area contributed by atoms with Crippen LogP contribution in [0.2, 0.25) is 0 Å². The minimum absolute atomic E-state index is 0.102. The zero-order chi connectivity index (χ0) is 19.8. The van der Waals surface area contributed by atoms with E-state index in [1.165, 1.54) is 13.0 Å². The van der Waals surface area contributed by atoms with Crippen molar-refractivity contribution in [2.75, 3.05) is 11.9 Å². The molecule has 0 bridgehead atoms. The number of hydrogen-bond donors (Lipinski definition) is 1. The Kier molecular flexibility index (Phi) is 7.16. The second-order valence-electron chi connectivity index (χ2n) is 6.16. The van der Waals surface area contributed by atoms with Crippen molar-refractivity contribution in [3.63, 3.8) is 0 Å². The van der Waals surface area contributed by atoms with Gasteiger partial charge in [0.15, 0.2) is 6.10 Å². The number of esters is 1. The molecule has 0 spiro atoms. The molecule has 1 amide bonds. The van der Waals surface area contributed by atoms with Crippen LogP contribution in [0.1, 0.15) is 39.3 Å². The fourth-order valence-electron chi connectivity index (χ4n) is 2.33. The van der Waals surface area contributed by atoms with Gasteiger partial charge in [-0.2, -0.15) is 5.10 Å². The number of amides is 1. The molecular weight excluding hydrogens is 346 g/mol. The lowest BCUT2D eigenvalue weighted by molar-refractivity contribution is -0.148. The largest absolute Gasteiger partial charge is 0.494 e. The molecule has 2 aromatic rings. The highest BCUT2D eigenvalue weighted by molar-refractivity contribution is 5.96. The van der Waals surface area contributed by atoms with E-state index in [1.807, 2.05) is 45.0 Å². The predicted molar refractivity (Wildman–Crippen MR) is 103 cm³/mol. The first kappa shape index (κ1) is 20.2. The van der Waals surface area contributed by atoms with E-state index in [1.54, 1.807) is 23.0 Å². The van der Waals surface area contributed by atoms with E-state index in [9.17, 15) is 9.59 Å². The number of hydrogen-bond acceptors (Lipinski definition) is 5. The monoisotopic (exact) mass is 371 g/mol. The van der Waals surface area contributed by atoms with Crippen molar-refractivity contribution in [1.29, 1.82) is 0 Å². The molecular formula is C20H25N3O4. The first-order valence-electron chi connectivity index (χ1n) is 8.86. The van der Waals surface area contributed by atoms with Gasteiger partial charge >= 0.3 is 5.97 Å². The van der Waals surface area contributed by atoms with Crippen LogP contribution in [0.25, 0.3) is 6.08 Å². The Morgan fingerprint density at radius 2 is 1.89 bits per heavy atom. The minimum Gasteiger partial charge on any atom is -0.494 e. The smallest absolute Gasteiger partial charge is 0.331 e. The van der Waals surface area contributed by atoms with Crippen molar-refractivity contribution in [3.8, 4) is 5.75 Å². The van der Waals surface area contributed by atoms with Crippen molar-refractivity contribution >= 4 is 23.8 Å². The summed E-state index contributed by atoms with van der Waals surface area (Å²) >= 11 is 0. The topological polar surface area (TPSA) is 82.4 Å². The molecule has 0 aliphatic rings. The van der Waals surface area contributed by atoms with E-state index < -0.39 is 18.0 Å². The van der Waals surface area contributed by atoms with Crippen molar-refractivity contribution < 1.29 is 19.1 Å². The molecule has 1 N–H and O–H groups in total. The quantitative estimate of drug-likeness (QED) is 0.568. The van der Waals surface area contributed by atoms with Gasteiger partial charge in [0.25, 0.3) is 5.91 Å². The maximum Gasteiger partial charge on any atom is 0.331 e. The molecule has 1 aromatic carbocycles. The third-order valence-electron chi connectivity index (χ3n) is 3.68. The van der Waals surface area contributed by atoms with Crippen LogP contribution in [0.3, 0.4) is 0 Å². The maximum absolute atomic E-state index is 12.2. The molecule has 1 heterocycles. The molecule has 0 saturated carbocycles. The lowest BCUT2D eigenvalue weighted by Gasteiger charge is -2.15. The average molecular weight is 371 g/mol. The molecule has 1 aromatic heterocycles. The van der Waals surface area contributed by atoms with Gasteiger partial charge in [0, 0.05) is 18.2 Å². The van der Waals surface area contributed by atoms with Gasteiger partial charge in [-0.25, -0.2) is 9.48 Å². The maximum atomic E-state index is 12.2. The molecule has 144 valence electrons. The summed E-state index contributed by atoms with van der Waals surface area (Å²) in [6, 6.07) is 9.10. The minimum atomic E-state index is -0.932. The van der Waals surface area contributed by atoms with Gasteiger partial charge in [-0.1, -0.05) is 12.1 Å². The van der Waals surface area contributed by atoms with Crippen LogP contribution < -0.4 is 10.1 Å². The normalized spacial score (nSPS) is 12.2. The fraction of sp³-hybridized carbons (Fsp3) is 0.350. The molecule has 1 atom stereocenters. The number of ether oxygens (including phenoxy) is 2. The van der Waals surface area contributed by atoms with Gasteiger partial charge in [0.05, 0.1) is 12.8 Å². The second-order valence-corrected chi connectivity index (χ2v) is 6.16. The first-order valence-corrected chi connectivity index (χ1v) is 8.86. The molecule has 0 unspecified atom stereocenters. The zero-order valence-corrected chi connectivity index (χ0v) is 16.0. The van der Waals surface area contributed by atoms with Gasteiger partial charge in [-0.05, 0) is 51.5 Å². The number of nitrogens with zero attached hydrogens (tertiary/aromatic N) is 2. The van der Waals surface area contributed by atoms with E-state index in [0.29, 0.717) is 12.4 Å². The first-order chi connectivity index (χ1) is 12.9. The number of anilines is 1. The van der Waals surface area contributed by atoms with Crippen LogP contribution in [0.4, 0.5) is 5.82 Å². The van der Waals surface area contributed by atoms with E-state index in [-0.39, 0.29) is 6.04 Å². The highest BCUT2D eigenvalue weighted by Gasteiger charge is 2.18. The van der Waals surface area contributed by atoms with E-state index >= 15 is 0 Å². The van der Waals surface area contributed by atoms with Gasteiger partial charge in [0.1, 0.15) is 11.6 Å². The summed E-state index contributed by atoms with van der Waals surface area (Å²) < 4.78 is 12.2. The van der Waals surface area contributed by atoms with E-state index in [4.69, 9.17) is 9.47 Å². The molecule has 0 fully saturated rings. The van der Waals surface area contributed by atoms with Crippen LogP contribution in [0.5, 0.6) is 5.75 Å². The molecule has 0 aliphatic heterocycles. The summed E-state index contributed by atoms with van der Waals surface area (Å²) in [4.78, 5) is 24.2. The fourth-order valence-corrected chi connectivity index (χ4v) is 2.33. The molecule has 0 saturated heterocycles. The lowest BCUT2D eigenvalue weighted by Crippen LogP contribution is -2.30. The van der Waals surface area contributed by atoms with Crippen LogP contribution in [0.15, 0.2) is 42.6 Å². The molecule has 27 heavy (non-hydrogen) atoms. The third kappa shape index (κ3) is 5.99. The Hall–Kier alpha value is -3.09. The molecule has 7 heteroatoms. The summed E-state index contributed by atoms with van der Waals surface area (Å²) in [7, 11) is 0. The Labute approximate surface area is 159 Å². The molecule has 2 rings (SSSR count). The number of nitrogens with one attached hydrogen (secondary N) is 1. The van der Waals surface area contributed by atoms with Gasteiger partial charge in [-0.15, -0.1) is 0 Å². The van der Waals surface area contributed by atoms with Gasteiger partial charge < -0.3 is 14.8 Å². The Bertz CT molecular complexity index is 794. The van der Waals surface area contributed by atoms with Crippen molar-refractivity contribution in [2.45, 2.75) is 39.8 Å². The van der Waals surface area contributed by atoms with Crippen molar-refractivity contribution in [2.24, 2.45) is 0 Å². The second kappa shape index (κ2) is 9.56. The number of carbonyl (C=O) groups excluding carboxylic acids is 2. The van der Waals surface area contributed by atoms with Crippen LogP contribution in [0, 0.1) is 0 Å². The van der Waals surface area contributed by atoms with E-state index in [0.717, 1.165) is 11.3 Å². The lowest BCUT2D eigenvalue weighted by atomic mass is 10.2. The number of carbonyl (C=O) groups is 2. The predicted octanol–water partition coefficient (Wildman–Crippen LogP) is 3.45. The van der Waals surface area contributed by atoms with E-state index in [2.05, 4.69) is 10.4 Å². The molecule has 0 aliphatic carbocycles. The number of aromatic nitrogens is 2.